The zero-order valence-corrected chi connectivity index (χ0v) is 34.6. The Kier molecular flexibility index (Phi) is 6.74. The predicted octanol–water partition coefficient (Wildman–Crippen LogP) is 15.4. The summed E-state index contributed by atoms with van der Waals surface area (Å²) in [6, 6.07) is 56.0. The molecule has 60 heavy (non-hydrogen) atoms. The predicted molar refractivity (Wildman–Crippen MR) is 251 cm³/mol. The Morgan fingerprint density at radius 2 is 1.05 bits per heavy atom. The van der Waals surface area contributed by atoms with Gasteiger partial charge >= 0.3 is 0 Å². The van der Waals surface area contributed by atoms with Gasteiger partial charge < -0.3 is 4.90 Å². The first-order valence-electron chi connectivity index (χ1n) is 24.1. The van der Waals surface area contributed by atoms with Gasteiger partial charge in [0, 0.05) is 36.8 Å². The number of anilines is 3. The summed E-state index contributed by atoms with van der Waals surface area (Å²) in [5.74, 6) is -1.43. The lowest BCUT2D eigenvalue weighted by Crippen LogP contribution is -2.27. The highest BCUT2D eigenvalue weighted by atomic mass is 15.1. The van der Waals surface area contributed by atoms with Gasteiger partial charge in [-0.05, 0) is 139 Å². The molecular formula is C58H50N2. The average Bonchev–Trinajstić information content (AvgIpc) is 3.83. The second-order valence-electron chi connectivity index (χ2n) is 17.6. The van der Waals surface area contributed by atoms with Crippen LogP contribution >= 0.6 is 0 Å². The summed E-state index contributed by atoms with van der Waals surface area (Å²) in [7, 11) is 0. The molecule has 2 heteroatoms. The van der Waals surface area contributed by atoms with E-state index in [1.165, 1.54) is 27.8 Å². The highest BCUT2D eigenvalue weighted by molar-refractivity contribution is 5.99. The van der Waals surface area contributed by atoms with E-state index in [2.05, 4.69) is 177 Å². The average molecular weight is 781 g/mol. The summed E-state index contributed by atoms with van der Waals surface area (Å²) in [6.45, 7) is 5.58. The van der Waals surface area contributed by atoms with E-state index in [9.17, 15) is 0 Å². The van der Waals surface area contributed by atoms with Gasteiger partial charge in [-0.1, -0.05) is 163 Å². The maximum Gasteiger partial charge on any atom is 0.0726 e. The highest BCUT2D eigenvalue weighted by Gasteiger charge is 2.52. The van der Waals surface area contributed by atoms with Crippen LogP contribution in [0.2, 0.25) is 0 Å². The molecule has 3 aliphatic carbocycles. The van der Waals surface area contributed by atoms with Crippen molar-refractivity contribution in [1.29, 1.82) is 0 Å². The molecule has 1 unspecified atom stereocenters. The molecule has 0 aliphatic heterocycles. The van der Waals surface area contributed by atoms with Gasteiger partial charge in [-0.25, -0.2) is 0 Å². The van der Waals surface area contributed by atoms with Crippen molar-refractivity contribution in [1.82, 2.24) is 4.98 Å². The van der Waals surface area contributed by atoms with Crippen molar-refractivity contribution in [3.05, 3.63) is 214 Å². The summed E-state index contributed by atoms with van der Waals surface area (Å²) in [6.07, 6.45) is 1.87. The highest BCUT2D eigenvalue weighted by Crippen LogP contribution is 2.64. The van der Waals surface area contributed by atoms with Crippen LogP contribution in [0.15, 0.2) is 164 Å². The van der Waals surface area contributed by atoms with Crippen molar-refractivity contribution in [3.8, 4) is 44.5 Å². The molecule has 2 nitrogen and oxygen atoms in total. The van der Waals surface area contributed by atoms with Gasteiger partial charge in [-0.3, -0.25) is 4.98 Å². The lowest BCUT2D eigenvalue weighted by molar-refractivity contribution is 0.661. The van der Waals surface area contributed by atoms with E-state index in [0.29, 0.717) is 0 Å². The van der Waals surface area contributed by atoms with Gasteiger partial charge in [0.1, 0.15) is 0 Å². The third kappa shape index (κ3) is 5.03. The Balaban J connectivity index is 1.24. The molecule has 292 valence electrons. The number of fused-ring (bicyclic) bond motifs is 13. The number of aromatic nitrogens is 1. The van der Waals surface area contributed by atoms with Gasteiger partial charge in [-0.2, -0.15) is 0 Å². The lowest BCUT2D eigenvalue weighted by atomic mass is 9.69. The fraction of sp³-hybridized carbons (Fsp3) is 0.190. The zero-order chi connectivity index (χ0) is 46.1. The first-order chi connectivity index (χ1) is 31.5. The summed E-state index contributed by atoms with van der Waals surface area (Å²) in [5.41, 5.74) is 19.7. The molecule has 1 aromatic heterocycles. The molecule has 0 saturated heterocycles. The molecule has 1 spiro atoms. The maximum atomic E-state index is 8.54. The van der Waals surface area contributed by atoms with E-state index in [4.69, 9.17) is 8.22 Å². The third-order valence-corrected chi connectivity index (χ3v) is 13.6. The van der Waals surface area contributed by atoms with Crippen LogP contribution in [0, 0.1) is 6.92 Å². The van der Waals surface area contributed by atoms with Crippen LogP contribution in [0.4, 0.5) is 17.1 Å². The van der Waals surface area contributed by atoms with Crippen molar-refractivity contribution in [2.45, 2.75) is 71.0 Å². The van der Waals surface area contributed by atoms with Gasteiger partial charge in [0.25, 0.3) is 0 Å². The van der Waals surface area contributed by atoms with E-state index in [0.717, 1.165) is 78.4 Å². The Hall–Kier alpha value is -6.51. The van der Waals surface area contributed by atoms with Crippen LogP contribution in [-0.2, 0) is 10.8 Å². The van der Waals surface area contributed by atoms with E-state index in [1.54, 1.807) is 6.07 Å². The monoisotopic (exact) mass is 780 g/mol. The molecule has 1 atom stereocenters. The molecular weight excluding hydrogens is 725 g/mol. The first kappa shape index (κ1) is 30.5. The number of pyridine rings is 1. The van der Waals surface area contributed by atoms with E-state index in [-0.39, 0.29) is 16.9 Å². The number of nitrogens with zero attached hydrogens (tertiary/aromatic N) is 2. The molecule has 0 amide bonds. The molecule has 0 bridgehead atoms. The van der Waals surface area contributed by atoms with Crippen molar-refractivity contribution in [3.63, 3.8) is 0 Å². The number of benzene rings is 7. The quantitative estimate of drug-likeness (QED) is 0.167. The number of hydrogen-bond donors (Lipinski definition) is 0. The zero-order valence-electron chi connectivity index (χ0n) is 40.6. The van der Waals surface area contributed by atoms with Crippen LogP contribution in [-0.4, -0.2) is 4.98 Å². The summed E-state index contributed by atoms with van der Waals surface area (Å²) >= 11 is 0. The minimum absolute atomic E-state index is 0.237. The number of aryl methyl sites for hydroxylation is 1. The SMILES string of the molecule is [2H]C([2H])([2H])C(c1ccc2c(c1)C1(c3ccccc3-c3ccc(N(c4ccccc4-c4ccnc(C)c4)c4cccc5c4C(C)(C)c4ccccc4-5)cc31)c1cc(C(C)C)ccc1-2)C([2H])([2H])[2H]. The molecule has 1 heterocycles. The molecule has 3 aliphatic rings. The van der Waals surface area contributed by atoms with Crippen LogP contribution in [0.3, 0.4) is 0 Å². The number of hydrogen-bond acceptors (Lipinski definition) is 2. The largest absolute Gasteiger partial charge is 0.310 e. The van der Waals surface area contributed by atoms with Crippen molar-refractivity contribution in [2.24, 2.45) is 0 Å². The Bertz CT molecular complexity index is 3270. The Morgan fingerprint density at radius 3 is 1.73 bits per heavy atom. The van der Waals surface area contributed by atoms with Gasteiger partial charge in [0.05, 0.1) is 16.8 Å². The summed E-state index contributed by atoms with van der Waals surface area (Å²) in [5, 5.41) is 0. The van der Waals surface area contributed by atoms with Crippen LogP contribution in [0.5, 0.6) is 0 Å². The van der Waals surface area contributed by atoms with Crippen LogP contribution in [0.25, 0.3) is 44.5 Å². The molecule has 0 radical (unpaired) electrons. The molecule has 0 saturated carbocycles. The first-order valence-corrected chi connectivity index (χ1v) is 21.1. The third-order valence-electron chi connectivity index (χ3n) is 13.6. The second kappa shape index (κ2) is 13.2. The molecule has 11 rings (SSSR count). The standard InChI is InChI=1S/C58H50N2/c1-35(2)38-23-26-45-46-27-24-39(36(3)4)33-52(46)58(51(45)32-38)50-20-12-9-16-43(50)47-28-25-41(34-53(47)58)60(54-21-13-10-15-42(54)40-29-30-59-37(5)31-40)55-22-14-18-48-44-17-8-11-19-49(44)57(6,7)56(48)55/h8-36H,1-7H3/i1D3,2D3. The molecule has 7 aromatic carbocycles. The lowest BCUT2D eigenvalue weighted by Gasteiger charge is -2.35. The minimum atomic E-state index is -2.76. The van der Waals surface area contributed by atoms with Gasteiger partial charge in [0.15, 0.2) is 0 Å². The van der Waals surface area contributed by atoms with E-state index in [1.807, 2.05) is 25.3 Å². The van der Waals surface area contributed by atoms with Gasteiger partial charge in [0.2, 0.25) is 0 Å². The number of rotatable bonds is 6. The van der Waals surface area contributed by atoms with Crippen LogP contribution < -0.4 is 4.90 Å². The second-order valence-corrected chi connectivity index (χ2v) is 17.6. The molecule has 0 N–H and O–H groups in total. The Morgan fingerprint density at radius 1 is 0.500 bits per heavy atom. The fourth-order valence-electron chi connectivity index (χ4n) is 10.9. The fourth-order valence-corrected chi connectivity index (χ4v) is 10.9. The van der Waals surface area contributed by atoms with Crippen molar-refractivity contribution >= 4 is 17.1 Å². The minimum Gasteiger partial charge on any atom is -0.310 e. The molecule has 0 fully saturated rings. The summed E-state index contributed by atoms with van der Waals surface area (Å²) < 4.78 is 51.2. The van der Waals surface area contributed by atoms with E-state index >= 15 is 0 Å². The normalized spacial score (nSPS) is 18.0. The van der Waals surface area contributed by atoms with Crippen molar-refractivity contribution < 1.29 is 8.22 Å². The van der Waals surface area contributed by atoms with Crippen LogP contribution in [0.1, 0.15) is 112 Å². The van der Waals surface area contributed by atoms with Crippen molar-refractivity contribution in [2.75, 3.05) is 4.90 Å². The maximum absolute atomic E-state index is 8.54. The molecule has 8 aromatic rings. The smallest absolute Gasteiger partial charge is 0.0726 e. The number of para-hydroxylation sites is 1. The van der Waals surface area contributed by atoms with Gasteiger partial charge in [-0.15, -0.1) is 0 Å². The Labute approximate surface area is 363 Å². The van der Waals surface area contributed by atoms with E-state index < -0.39 is 25.0 Å². The topological polar surface area (TPSA) is 16.1 Å². The summed E-state index contributed by atoms with van der Waals surface area (Å²) in [4.78, 5) is 7.00.